The van der Waals surface area contributed by atoms with Gasteiger partial charge in [0, 0.05) is 0 Å². The molecule has 0 aromatic carbocycles. The van der Waals surface area contributed by atoms with Gasteiger partial charge in [0.15, 0.2) is 0 Å². The maximum absolute atomic E-state index is 10.2. The molecule has 12 heavy (non-hydrogen) atoms. The van der Waals surface area contributed by atoms with E-state index in [1.54, 1.807) is 11.3 Å². The van der Waals surface area contributed by atoms with Crippen molar-refractivity contribution in [2.75, 3.05) is 5.32 Å². The van der Waals surface area contributed by atoms with E-state index < -0.39 is 0 Å². The Kier molecular flexibility index (Phi) is 2.52. The summed E-state index contributed by atoms with van der Waals surface area (Å²) in [4.78, 5) is 10.2. The highest BCUT2D eigenvalue weighted by Crippen LogP contribution is 2.33. The van der Waals surface area contributed by atoms with Crippen LogP contribution in [0.15, 0.2) is 11.4 Å². The number of hydrogen-bond acceptors (Lipinski definition) is 2. The zero-order valence-corrected chi connectivity index (χ0v) is 8.37. The first-order valence-electron chi connectivity index (χ1n) is 3.84. The van der Waals surface area contributed by atoms with E-state index in [-0.39, 0.29) is 5.41 Å². The fourth-order valence-corrected chi connectivity index (χ4v) is 2.02. The Morgan fingerprint density at radius 3 is 2.67 bits per heavy atom. The van der Waals surface area contributed by atoms with Crippen LogP contribution in [-0.4, -0.2) is 6.41 Å². The predicted octanol–water partition coefficient (Wildman–Crippen LogP) is 2.61. The molecule has 0 aliphatic rings. The highest BCUT2D eigenvalue weighted by molar-refractivity contribution is 7.14. The molecule has 2 nitrogen and oxygen atoms in total. The number of anilines is 1. The first kappa shape index (κ1) is 9.26. The van der Waals surface area contributed by atoms with Crippen molar-refractivity contribution in [1.29, 1.82) is 0 Å². The summed E-state index contributed by atoms with van der Waals surface area (Å²) in [6.07, 6.45) is 0.723. The second-order valence-corrected chi connectivity index (χ2v) is 4.59. The molecule has 0 atom stereocenters. The third kappa shape index (κ3) is 1.85. The summed E-state index contributed by atoms with van der Waals surface area (Å²) < 4.78 is 0. The van der Waals surface area contributed by atoms with Crippen LogP contribution in [0.2, 0.25) is 0 Å². The van der Waals surface area contributed by atoms with Gasteiger partial charge in [0.1, 0.15) is 0 Å². The topological polar surface area (TPSA) is 29.1 Å². The Labute approximate surface area is 76.6 Å². The van der Waals surface area contributed by atoms with Crippen LogP contribution in [0.1, 0.15) is 26.3 Å². The van der Waals surface area contributed by atoms with Gasteiger partial charge in [0.25, 0.3) is 0 Å². The molecule has 1 aromatic heterocycles. The number of rotatable bonds is 2. The molecule has 0 aliphatic heterocycles. The largest absolute Gasteiger partial charge is 0.320 e. The Morgan fingerprint density at radius 2 is 2.17 bits per heavy atom. The van der Waals surface area contributed by atoms with Crippen molar-refractivity contribution in [2.45, 2.75) is 26.2 Å². The number of amides is 1. The van der Waals surface area contributed by atoms with Crippen LogP contribution in [0.4, 0.5) is 5.00 Å². The maximum Gasteiger partial charge on any atom is 0.212 e. The van der Waals surface area contributed by atoms with E-state index in [0.29, 0.717) is 0 Å². The molecule has 0 bridgehead atoms. The van der Waals surface area contributed by atoms with Crippen molar-refractivity contribution >= 4 is 22.7 Å². The van der Waals surface area contributed by atoms with E-state index in [4.69, 9.17) is 0 Å². The number of carbonyl (C=O) groups is 1. The molecule has 0 radical (unpaired) electrons. The van der Waals surface area contributed by atoms with Gasteiger partial charge in [-0.25, -0.2) is 0 Å². The Bertz CT molecular complexity index is 272. The fraction of sp³-hybridized carbons (Fsp3) is 0.444. The first-order chi connectivity index (χ1) is 5.55. The molecule has 1 amide bonds. The zero-order chi connectivity index (χ0) is 9.19. The lowest BCUT2D eigenvalue weighted by Crippen LogP contribution is -2.12. The highest BCUT2D eigenvalue weighted by Gasteiger charge is 2.18. The van der Waals surface area contributed by atoms with Crippen LogP contribution in [0.5, 0.6) is 0 Å². The molecule has 66 valence electrons. The lowest BCUT2D eigenvalue weighted by atomic mass is 9.89. The number of carbonyl (C=O) groups excluding carboxylic acids is 1. The Balaban J connectivity index is 2.99. The molecule has 0 fully saturated rings. The summed E-state index contributed by atoms with van der Waals surface area (Å²) >= 11 is 1.56. The predicted molar refractivity (Wildman–Crippen MR) is 52.7 cm³/mol. The normalized spacial score (nSPS) is 11.2. The summed E-state index contributed by atoms with van der Waals surface area (Å²) in [5.41, 5.74) is 1.30. The molecular formula is C9H13NOS. The van der Waals surface area contributed by atoms with Crippen molar-refractivity contribution < 1.29 is 4.79 Å². The molecule has 0 spiro atoms. The third-order valence-corrected chi connectivity index (χ3v) is 2.51. The van der Waals surface area contributed by atoms with Crippen molar-refractivity contribution in [3.63, 3.8) is 0 Å². The maximum atomic E-state index is 10.2. The minimum Gasteiger partial charge on any atom is -0.320 e. The molecule has 0 unspecified atom stereocenters. The molecule has 0 saturated heterocycles. The summed E-state index contributed by atoms with van der Waals surface area (Å²) in [5.74, 6) is 0. The van der Waals surface area contributed by atoms with Gasteiger partial charge in [-0.15, -0.1) is 11.3 Å². The van der Waals surface area contributed by atoms with Crippen molar-refractivity contribution in [3.05, 3.63) is 17.0 Å². The minimum atomic E-state index is 0.103. The summed E-state index contributed by atoms with van der Waals surface area (Å²) in [7, 11) is 0. The summed E-state index contributed by atoms with van der Waals surface area (Å²) in [6, 6.07) is 2.05. The SMILES string of the molecule is CC(C)(C)c1ccsc1NC=O. The smallest absolute Gasteiger partial charge is 0.212 e. The average molecular weight is 183 g/mol. The van der Waals surface area contributed by atoms with Crippen LogP contribution in [0, 0.1) is 0 Å². The van der Waals surface area contributed by atoms with Gasteiger partial charge in [-0.1, -0.05) is 20.8 Å². The molecule has 1 N–H and O–H groups in total. The number of thiophene rings is 1. The Morgan fingerprint density at radius 1 is 1.50 bits per heavy atom. The van der Waals surface area contributed by atoms with E-state index in [1.165, 1.54) is 5.56 Å². The van der Waals surface area contributed by atoms with Crippen LogP contribution >= 0.6 is 11.3 Å². The van der Waals surface area contributed by atoms with Gasteiger partial charge >= 0.3 is 0 Å². The standard InChI is InChI=1S/C9H13NOS/c1-9(2,3)7-4-5-12-8(7)10-6-11/h4-6H,1-3H3,(H,10,11). The van der Waals surface area contributed by atoms with Crippen molar-refractivity contribution in [2.24, 2.45) is 0 Å². The Hall–Kier alpha value is -0.830. The summed E-state index contributed by atoms with van der Waals surface area (Å²) in [5, 5.41) is 5.65. The average Bonchev–Trinajstić information content (AvgIpc) is 2.34. The molecule has 0 saturated carbocycles. The fourth-order valence-electron chi connectivity index (χ4n) is 1.07. The van der Waals surface area contributed by atoms with Gasteiger partial charge in [-0.05, 0) is 22.4 Å². The zero-order valence-electron chi connectivity index (χ0n) is 7.55. The monoisotopic (exact) mass is 183 g/mol. The van der Waals surface area contributed by atoms with E-state index in [2.05, 4.69) is 32.2 Å². The number of hydrogen-bond donors (Lipinski definition) is 1. The van der Waals surface area contributed by atoms with Crippen LogP contribution in [0.25, 0.3) is 0 Å². The second kappa shape index (κ2) is 3.27. The minimum absolute atomic E-state index is 0.103. The first-order valence-corrected chi connectivity index (χ1v) is 4.72. The van der Waals surface area contributed by atoms with Gasteiger partial charge in [-0.3, -0.25) is 4.79 Å². The van der Waals surface area contributed by atoms with Crippen molar-refractivity contribution in [3.8, 4) is 0 Å². The molecule has 1 aromatic rings. The van der Waals surface area contributed by atoms with Gasteiger partial charge in [0.2, 0.25) is 6.41 Å². The quantitative estimate of drug-likeness (QED) is 0.702. The lowest BCUT2D eigenvalue weighted by Gasteiger charge is -2.18. The highest BCUT2D eigenvalue weighted by atomic mass is 32.1. The van der Waals surface area contributed by atoms with E-state index >= 15 is 0 Å². The second-order valence-electron chi connectivity index (χ2n) is 3.68. The van der Waals surface area contributed by atoms with Crippen molar-refractivity contribution in [1.82, 2.24) is 0 Å². The van der Waals surface area contributed by atoms with E-state index in [0.717, 1.165) is 11.4 Å². The number of nitrogens with one attached hydrogen (secondary N) is 1. The lowest BCUT2D eigenvalue weighted by molar-refractivity contribution is -0.105. The van der Waals surface area contributed by atoms with Crippen LogP contribution in [0.3, 0.4) is 0 Å². The van der Waals surface area contributed by atoms with E-state index in [1.807, 2.05) is 5.38 Å². The van der Waals surface area contributed by atoms with Crippen LogP contribution < -0.4 is 5.32 Å². The summed E-state index contributed by atoms with van der Waals surface area (Å²) in [6.45, 7) is 6.39. The van der Waals surface area contributed by atoms with Gasteiger partial charge < -0.3 is 5.32 Å². The third-order valence-electron chi connectivity index (χ3n) is 1.66. The molecular weight excluding hydrogens is 170 g/mol. The molecule has 1 rings (SSSR count). The van der Waals surface area contributed by atoms with Crippen LogP contribution in [-0.2, 0) is 10.2 Å². The molecule has 1 heterocycles. The van der Waals surface area contributed by atoms with Gasteiger partial charge in [-0.2, -0.15) is 0 Å². The van der Waals surface area contributed by atoms with Gasteiger partial charge in [0.05, 0.1) is 5.00 Å². The van der Waals surface area contributed by atoms with E-state index in [9.17, 15) is 4.79 Å². The molecule has 0 aliphatic carbocycles. The molecule has 3 heteroatoms.